The van der Waals surface area contributed by atoms with E-state index < -0.39 is 0 Å². The van der Waals surface area contributed by atoms with Crippen molar-refractivity contribution in [2.45, 2.75) is 37.8 Å². The highest BCUT2D eigenvalue weighted by Crippen LogP contribution is 2.37. The van der Waals surface area contributed by atoms with Gasteiger partial charge in [0.05, 0.1) is 12.2 Å². The average molecular weight is 247 g/mol. The minimum absolute atomic E-state index is 0.369. The predicted octanol–water partition coefficient (Wildman–Crippen LogP) is 2.59. The Hall–Kier alpha value is -1.03. The Morgan fingerprint density at radius 3 is 3.00 bits per heavy atom. The Morgan fingerprint density at radius 1 is 1.35 bits per heavy atom. The zero-order chi connectivity index (χ0) is 11.6. The Bertz CT molecular complexity index is 410. The summed E-state index contributed by atoms with van der Waals surface area (Å²) >= 11 is 1.87. The highest BCUT2D eigenvalue weighted by Gasteiger charge is 2.39. The fourth-order valence-corrected chi connectivity index (χ4v) is 3.77. The molecule has 1 saturated carbocycles. The van der Waals surface area contributed by atoms with Gasteiger partial charge in [0.2, 0.25) is 0 Å². The van der Waals surface area contributed by atoms with Gasteiger partial charge in [0, 0.05) is 17.5 Å². The molecule has 0 atom stereocenters. The van der Waals surface area contributed by atoms with Gasteiger partial charge < -0.3 is 5.32 Å². The van der Waals surface area contributed by atoms with Gasteiger partial charge in [-0.3, -0.25) is 9.98 Å². The Kier molecular flexibility index (Phi) is 3.05. The summed E-state index contributed by atoms with van der Waals surface area (Å²) in [7, 11) is 0. The predicted molar refractivity (Wildman–Crippen MR) is 72.2 cm³/mol. The number of aliphatic imine (C=N–C) groups is 1. The fourth-order valence-electron chi connectivity index (χ4n) is 2.56. The highest BCUT2D eigenvalue weighted by molar-refractivity contribution is 8.14. The quantitative estimate of drug-likeness (QED) is 0.873. The van der Waals surface area contributed by atoms with E-state index >= 15 is 0 Å². The first-order chi connectivity index (χ1) is 8.36. The first kappa shape index (κ1) is 11.1. The number of amidine groups is 1. The maximum absolute atomic E-state index is 4.62. The summed E-state index contributed by atoms with van der Waals surface area (Å²) in [4.78, 5) is 8.90. The Labute approximate surface area is 106 Å². The van der Waals surface area contributed by atoms with Gasteiger partial charge in [0.15, 0.2) is 5.17 Å². The molecule has 90 valence electrons. The van der Waals surface area contributed by atoms with Crippen LogP contribution in [0.3, 0.4) is 0 Å². The van der Waals surface area contributed by atoms with Crippen LogP contribution < -0.4 is 5.32 Å². The van der Waals surface area contributed by atoms with Gasteiger partial charge in [0.25, 0.3) is 0 Å². The minimum atomic E-state index is 0.369. The Morgan fingerprint density at radius 2 is 2.24 bits per heavy atom. The second-order valence-electron chi connectivity index (χ2n) is 4.84. The molecule has 1 aliphatic carbocycles. The summed E-state index contributed by atoms with van der Waals surface area (Å²) in [6.07, 6.45) is 7.16. The summed E-state index contributed by atoms with van der Waals surface area (Å²) in [5.74, 6) is 1.19. The fraction of sp³-hybridized carbons (Fsp3) is 0.538. The van der Waals surface area contributed by atoms with E-state index in [1.807, 2.05) is 36.2 Å². The lowest BCUT2D eigenvalue weighted by molar-refractivity contribution is 0.452. The molecule has 1 N–H and O–H groups in total. The number of nitrogens with one attached hydrogen (secondary N) is 1. The van der Waals surface area contributed by atoms with Gasteiger partial charge in [0.1, 0.15) is 0 Å². The molecule has 1 aliphatic heterocycles. The van der Waals surface area contributed by atoms with Crippen LogP contribution in [0.4, 0.5) is 0 Å². The third kappa shape index (κ3) is 2.46. The van der Waals surface area contributed by atoms with E-state index in [4.69, 9.17) is 0 Å². The SMILES string of the molecule is c1ccc(CN=C2NC3(CCCC3)CS2)nc1. The molecule has 3 nitrogen and oxygen atoms in total. The highest BCUT2D eigenvalue weighted by atomic mass is 32.2. The van der Waals surface area contributed by atoms with Crippen LogP contribution in [0.15, 0.2) is 29.4 Å². The molecule has 2 aliphatic rings. The summed E-state index contributed by atoms with van der Waals surface area (Å²) in [5.41, 5.74) is 1.41. The van der Waals surface area contributed by atoms with Crippen LogP contribution in [-0.4, -0.2) is 21.4 Å². The van der Waals surface area contributed by atoms with Crippen LogP contribution in [0.5, 0.6) is 0 Å². The van der Waals surface area contributed by atoms with Crippen molar-refractivity contribution in [3.8, 4) is 0 Å². The lowest BCUT2D eigenvalue weighted by Gasteiger charge is -2.21. The first-order valence-electron chi connectivity index (χ1n) is 6.22. The molecular weight excluding hydrogens is 230 g/mol. The van der Waals surface area contributed by atoms with Gasteiger partial charge in [-0.1, -0.05) is 30.7 Å². The summed E-state index contributed by atoms with van der Waals surface area (Å²) in [6, 6.07) is 5.97. The lowest BCUT2D eigenvalue weighted by Crippen LogP contribution is -2.40. The molecule has 1 aromatic heterocycles. The summed E-state index contributed by atoms with van der Waals surface area (Å²) < 4.78 is 0. The molecule has 0 bridgehead atoms. The normalized spacial score (nSPS) is 24.4. The monoisotopic (exact) mass is 247 g/mol. The molecule has 0 unspecified atom stereocenters. The number of thioether (sulfide) groups is 1. The van der Waals surface area contributed by atoms with Gasteiger partial charge in [-0.15, -0.1) is 0 Å². The molecule has 4 heteroatoms. The number of aromatic nitrogens is 1. The summed E-state index contributed by atoms with van der Waals surface area (Å²) in [6.45, 7) is 0.687. The van der Waals surface area contributed by atoms with E-state index in [1.165, 1.54) is 31.4 Å². The lowest BCUT2D eigenvalue weighted by atomic mass is 10.0. The van der Waals surface area contributed by atoms with E-state index in [9.17, 15) is 0 Å². The first-order valence-corrected chi connectivity index (χ1v) is 7.20. The third-order valence-electron chi connectivity index (χ3n) is 3.53. The van der Waals surface area contributed by atoms with Gasteiger partial charge in [-0.05, 0) is 25.0 Å². The number of rotatable bonds is 2. The topological polar surface area (TPSA) is 37.3 Å². The van der Waals surface area contributed by atoms with Crippen molar-refractivity contribution >= 4 is 16.9 Å². The third-order valence-corrected chi connectivity index (χ3v) is 4.73. The zero-order valence-electron chi connectivity index (χ0n) is 9.85. The standard InChI is InChI=1S/C13H17N3S/c1-4-8-14-11(5-1)9-15-12-16-13(10-17-12)6-2-3-7-13/h1,4-5,8H,2-3,6-7,9-10H2,(H,15,16). The van der Waals surface area contributed by atoms with Crippen LogP contribution in [0, 0.1) is 0 Å². The van der Waals surface area contributed by atoms with Gasteiger partial charge >= 0.3 is 0 Å². The van der Waals surface area contributed by atoms with Crippen LogP contribution in [0.2, 0.25) is 0 Å². The molecule has 0 aromatic carbocycles. The molecule has 0 radical (unpaired) electrons. The van der Waals surface area contributed by atoms with Crippen molar-refractivity contribution in [3.05, 3.63) is 30.1 Å². The van der Waals surface area contributed by atoms with Crippen LogP contribution in [-0.2, 0) is 6.54 Å². The largest absolute Gasteiger partial charge is 0.359 e. The maximum Gasteiger partial charge on any atom is 0.157 e. The van der Waals surface area contributed by atoms with Crippen molar-refractivity contribution < 1.29 is 0 Å². The minimum Gasteiger partial charge on any atom is -0.359 e. The van der Waals surface area contributed by atoms with Crippen LogP contribution >= 0.6 is 11.8 Å². The van der Waals surface area contributed by atoms with Crippen molar-refractivity contribution in [2.75, 3.05) is 5.75 Å². The molecule has 1 aromatic rings. The van der Waals surface area contributed by atoms with E-state index in [2.05, 4.69) is 15.3 Å². The van der Waals surface area contributed by atoms with Crippen LogP contribution in [0.1, 0.15) is 31.4 Å². The van der Waals surface area contributed by atoms with Crippen molar-refractivity contribution in [1.82, 2.24) is 10.3 Å². The van der Waals surface area contributed by atoms with Crippen molar-refractivity contribution in [3.63, 3.8) is 0 Å². The van der Waals surface area contributed by atoms with E-state index in [0.717, 1.165) is 10.9 Å². The number of hydrogen-bond acceptors (Lipinski definition) is 3. The molecule has 3 rings (SSSR count). The average Bonchev–Trinajstić information content (AvgIpc) is 2.99. The molecule has 1 spiro atoms. The molecule has 1 saturated heterocycles. The number of hydrogen-bond donors (Lipinski definition) is 1. The van der Waals surface area contributed by atoms with E-state index in [1.54, 1.807) is 0 Å². The zero-order valence-corrected chi connectivity index (χ0v) is 10.7. The number of nitrogens with zero attached hydrogens (tertiary/aromatic N) is 2. The summed E-state index contributed by atoms with van der Waals surface area (Å²) in [5, 5.41) is 4.73. The van der Waals surface area contributed by atoms with Crippen molar-refractivity contribution in [2.24, 2.45) is 4.99 Å². The van der Waals surface area contributed by atoms with Gasteiger partial charge in [-0.2, -0.15) is 0 Å². The van der Waals surface area contributed by atoms with E-state index in [-0.39, 0.29) is 0 Å². The second-order valence-corrected chi connectivity index (χ2v) is 5.81. The maximum atomic E-state index is 4.62. The Balaban J connectivity index is 1.63. The second kappa shape index (κ2) is 4.69. The molecule has 2 heterocycles. The van der Waals surface area contributed by atoms with Crippen molar-refractivity contribution in [1.29, 1.82) is 0 Å². The smallest absolute Gasteiger partial charge is 0.157 e. The van der Waals surface area contributed by atoms with Gasteiger partial charge in [-0.25, -0.2) is 0 Å². The molecule has 0 amide bonds. The molecular formula is C13H17N3S. The number of pyridine rings is 1. The van der Waals surface area contributed by atoms with Crippen LogP contribution in [0.25, 0.3) is 0 Å². The van der Waals surface area contributed by atoms with E-state index in [0.29, 0.717) is 12.1 Å². The molecule has 17 heavy (non-hydrogen) atoms. The molecule has 2 fully saturated rings.